The number of anilines is 1. The van der Waals surface area contributed by atoms with Crippen LogP contribution < -0.4 is 16.3 Å². The standard InChI is InChI=1S/C21H28N8O3/c1-14(30)5-8-27(9-6-22)20-18-15(13-24-28(18)10-11-32-2)12-17(25-20)29-16-4-3-7-23-19(16)26-21(29)31/h3-4,7,12-14,30H,5-6,8-11,22H2,1-2H3,(H,23,26,31). The number of methoxy groups -OCH3 is 1. The Morgan fingerprint density at radius 1 is 1.38 bits per heavy atom. The highest BCUT2D eigenvalue weighted by molar-refractivity contribution is 5.91. The van der Waals surface area contributed by atoms with Gasteiger partial charge in [-0.25, -0.2) is 19.3 Å². The summed E-state index contributed by atoms with van der Waals surface area (Å²) in [4.78, 5) is 26.7. The van der Waals surface area contributed by atoms with Crippen LogP contribution in [-0.4, -0.2) is 73.9 Å². The van der Waals surface area contributed by atoms with Crippen LogP contribution in [-0.2, 0) is 11.3 Å². The fourth-order valence-corrected chi connectivity index (χ4v) is 3.75. The molecular weight excluding hydrogens is 412 g/mol. The van der Waals surface area contributed by atoms with E-state index in [9.17, 15) is 9.90 Å². The monoisotopic (exact) mass is 440 g/mol. The third kappa shape index (κ3) is 4.22. The molecule has 0 spiro atoms. The molecule has 1 atom stereocenters. The van der Waals surface area contributed by atoms with E-state index in [1.807, 2.05) is 21.7 Å². The molecule has 0 aliphatic heterocycles. The number of H-pyrrole nitrogens is 1. The molecule has 0 saturated carbocycles. The number of aliphatic hydroxyl groups excluding tert-OH is 1. The van der Waals surface area contributed by atoms with Crippen LogP contribution in [0.25, 0.3) is 27.9 Å². The lowest BCUT2D eigenvalue weighted by Crippen LogP contribution is -2.33. The molecule has 4 N–H and O–H groups in total. The molecular formula is C21H28N8O3. The topological polar surface area (TPSA) is 140 Å². The van der Waals surface area contributed by atoms with Crippen molar-refractivity contribution in [1.29, 1.82) is 0 Å². The summed E-state index contributed by atoms with van der Waals surface area (Å²) in [6, 6.07) is 5.43. The minimum absolute atomic E-state index is 0.322. The van der Waals surface area contributed by atoms with E-state index in [1.54, 1.807) is 32.5 Å². The summed E-state index contributed by atoms with van der Waals surface area (Å²) in [5.41, 5.74) is 7.53. The molecule has 4 aromatic rings. The lowest BCUT2D eigenvalue weighted by Gasteiger charge is -2.25. The number of nitrogens with zero attached hydrogens (tertiary/aromatic N) is 6. The van der Waals surface area contributed by atoms with Crippen LogP contribution in [0.5, 0.6) is 0 Å². The van der Waals surface area contributed by atoms with Crippen molar-refractivity contribution in [3.8, 4) is 5.82 Å². The average Bonchev–Trinajstić information content (AvgIpc) is 3.34. The Kier molecular flexibility index (Phi) is 6.49. The van der Waals surface area contributed by atoms with Gasteiger partial charge in [0.2, 0.25) is 0 Å². The van der Waals surface area contributed by atoms with Crippen molar-refractivity contribution in [3.05, 3.63) is 41.1 Å². The first kappa shape index (κ1) is 21.9. The molecule has 0 bridgehead atoms. The largest absolute Gasteiger partial charge is 0.393 e. The highest BCUT2D eigenvalue weighted by Gasteiger charge is 2.20. The van der Waals surface area contributed by atoms with Gasteiger partial charge < -0.3 is 20.5 Å². The van der Waals surface area contributed by atoms with E-state index >= 15 is 0 Å². The predicted octanol–water partition coefficient (Wildman–Crippen LogP) is 0.641. The molecule has 4 aromatic heterocycles. The number of ether oxygens (including phenoxy) is 1. The van der Waals surface area contributed by atoms with Crippen molar-refractivity contribution in [3.63, 3.8) is 0 Å². The molecule has 32 heavy (non-hydrogen) atoms. The molecule has 0 aliphatic rings. The summed E-state index contributed by atoms with van der Waals surface area (Å²) in [5.74, 6) is 1.12. The number of aliphatic hydroxyl groups is 1. The summed E-state index contributed by atoms with van der Waals surface area (Å²) in [7, 11) is 1.64. The average molecular weight is 441 g/mol. The quantitative estimate of drug-likeness (QED) is 0.326. The van der Waals surface area contributed by atoms with Gasteiger partial charge in [-0.05, 0) is 31.5 Å². The van der Waals surface area contributed by atoms with Crippen LogP contribution in [0.1, 0.15) is 13.3 Å². The fraction of sp³-hybridized carbons (Fsp3) is 0.429. The summed E-state index contributed by atoms with van der Waals surface area (Å²) < 4.78 is 8.58. The number of pyridine rings is 2. The number of rotatable bonds is 10. The number of hydrogen-bond acceptors (Lipinski definition) is 8. The third-order valence-electron chi connectivity index (χ3n) is 5.29. The van der Waals surface area contributed by atoms with Crippen LogP contribution in [0.2, 0.25) is 0 Å². The molecule has 170 valence electrons. The first-order valence-corrected chi connectivity index (χ1v) is 10.6. The molecule has 11 nitrogen and oxygen atoms in total. The van der Waals surface area contributed by atoms with Crippen molar-refractivity contribution >= 4 is 27.9 Å². The summed E-state index contributed by atoms with van der Waals surface area (Å²) in [5, 5.41) is 15.2. The summed E-state index contributed by atoms with van der Waals surface area (Å²) in [6.07, 6.45) is 3.47. The number of hydrogen-bond donors (Lipinski definition) is 3. The van der Waals surface area contributed by atoms with E-state index < -0.39 is 6.10 Å². The Morgan fingerprint density at radius 3 is 2.97 bits per heavy atom. The van der Waals surface area contributed by atoms with Crippen molar-refractivity contribution < 1.29 is 9.84 Å². The Hall–Kier alpha value is -3.28. The second kappa shape index (κ2) is 9.47. The first-order chi connectivity index (χ1) is 15.5. The molecule has 11 heteroatoms. The zero-order valence-corrected chi connectivity index (χ0v) is 18.2. The predicted molar refractivity (Wildman–Crippen MR) is 122 cm³/mol. The Labute approximate surface area is 184 Å². The molecule has 1 unspecified atom stereocenters. The van der Waals surface area contributed by atoms with Crippen molar-refractivity contribution in [2.75, 3.05) is 38.3 Å². The zero-order valence-electron chi connectivity index (χ0n) is 18.2. The number of fused-ring (bicyclic) bond motifs is 2. The lowest BCUT2D eigenvalue weighted by atomic mass is 10.2. The molecule has 4 heterocycles. The molecule has 0 aromatic carbocycles. The van der Waals surface area contributed by atoms with Crippen LogP contribution in [0.15, 0.2) is 35.4 Å². The Bertz CT molecular complexity index is 1260. The van der Waals surface area contributed by atoms with Gasteiger partial charge >= 0.3 is 5.69 Å². The normalized spacial score (nSPS) is 12.6. The van der Waals surface area contributed by atoms with Gasteiger partial charge in [-0.1, -0.05) is 0 Å². The Balaban J connectivity index is 1.92. The molecule has 0 fully saturated rings. The van der Waals surface area contributed by atoms with E-state index in [2.05, 4.69) is 15.1 Å². The van der Waals surface area contributed by atoms with Crippen molar-refractivity contribution in [2.45, 2.75) is 26.0 Å². The third-order valence-corrected chi connectivity index (χ3v) is 5.29. The highest BCUT2D eigenvalue weighted by Crippen LogP contribution is 2.28. The van der Waals surface area contributed by atoms with E-state index in [0.717, 1.165) is 10.9 Å². The molecule has 0 amide bonds. The van der Waals surface area contributed by atoms with Gasteiger partial charge in [-0.2, -0.15) is 5.10 Å². The smallest absolute Gasteiger partial charge is 0.333 e. The van der Waals surface area contributed by atoms with Gasteiger partial charge in [0.05, 0.1) is 31.0 Å². The van der Waals surface area contributed by atoms with Gasteiger partial charge in [0.15, 0.2) is 11.5 Å². The maximum Gasteiger partial charge on any atom is 0.333 e. The van der Waals surface area contributed by atoms with E-state index in [1.165, 1.54) is 4.57 Å². The zero-order chi connectivity index (χ0) is 22.7. The van der Waals surface area contributed by atoms with Gasteiger partial charge in [0.1, 0.15) is 11.3 Å². The second-order valence-electron chi connectivity index (χ2n) is 7.65. The van der Waals surface area contributed by atoms with Crippen LogP contribution >= 0.6 is 0 Å². The fourth-order valence-electron chi connectivity index (χ4n) is 3.75. The SMILES string of the molecule is COCCn1ncc2cc(-n3c(=O)[nH]c4ncccc43)nc(N(CCN)CCC(C)O)c21. The van der Waals surface area contributed by atoms with Gasteiger partial charge in [0, 0.05) is 38.3 Å². The number of nitrogens with one attached hydrogen (secondary N) is 1. The van der Waals surface area contributed by atoms with Gasteiger partial charge in [-0.3, -0.25) is 9.67 Å². The number of nitrogens with two attached hydrogens (primary N) is 1. The Morgan fingerprint density at radius 2 is 2.22 bits per heavy atom. The molecule has 0 saturated heterocycles. The molecule has 0 radical (unpaired) electrons. The maximum absolute atomic E-state index is 12.8. The van der Waals surface area contributed by atoms with E-state index in [-0.39, 0.29) is 5.69 Å². The number of aromatic amines is 1. The highest BCUT2D eigenvalue weighted by atomic mass is 16.5. The van der Waals surface area contributed by atoms with E-state index in [4.69, 9.17) is 15.5 Å². The minimum Gasteiger partial charge on any atom is -0.393 e. The minimum atomic E-state index is -0.463. The van der Waals surface area contributed by atoms with Crippen LogP contribution in [0.3, 0.4) is 0 Å². The van der Waals surface area contributed by atoms with E-state index in [0.29, 0.717) is 62.0 Å². The molecule has 0 aliphatic carbocycles. The first-order valence-electron chi connectivity index (χ1n) is 10.6. The lowest BCUT2D eigenvalue weighted by molar-refractivity contribution is 0.184. The van der Waals surface area contributed by atoms with Gasteiger partial charge in [0.25, 0.3) is 0 Å². The van der Waals surface area contributed by atoms with Crippen LogP contribution in [0.4, 0.5) is 5.82 Å². The second-order valence-corrected chi connectivity index (χ2v) is 7.65. The van der Waals surface area contributed by atoms with Crippen LogP contribution in [0, 0.1) is 0 Å². The summed E-state index contributed by atoms with van der Waals surface area (Å²) >= 11 is 0. The number of imidazole rings is 1. The maximum atomic E-state index is 12.8. The summed E-state index contributed by atoms with van der Waals surface area (Å²) in [6.45, 7) is 4.31. The van der Waals surface area contributed by atoms with Gasteiger partial charge in [-0.15, -0.1) is 0 Å². The number of aromatic nitrogens is 6. The molecule has 4 rings (SSSR count). The van der Waals surface area contributed by atoms with Crippen molar-refractivity contribution in [2.24, 2.45) is 5.73 Å². The van der Waals surface area contributed by atoms with Crippen molar-refractivity contribution in [1.82, 2.24) is 29.3 Å².